The van der Waals surface area contributed by atoms with E-state index in [2.05, 4.69) is 16.3 Å². The van der Waals surface area contributed by atoms with Gasteiger partial charge < -0.3 is 10.6 Å². The van der Waals surface area contributed by atoms with E-state index in [4.69, 9.17) is 5.73 Å². The van der Waals surface area contributed by atoms with Crippen molar-refractivity contribution in [2.75, 3.05) is 18.8 Å². The number of anilines is 1. The van der Waals surface area contributed by atoms with E-state index in [9.17, 15) is 4.79 Å². The van der Waals surface area contributed by atoms with Gasteiger partial charge in [-0.15, -0.1) is 0 Å². The minimum absolute atomic E-state index is 0.0602. The highest BCUT2D eigenvalue weighted by Gasteiger charge is 2.31. The summed E-state index contributed by atoms with van der Waals surface area (Å²) in [5, 5.41) is 7.00. The fourth-order valence-corrected chi connectivity index (χ4v) is 2.19. The number of hydrogen-bond acceptors (Lipinski definition) is 3. The first-order valence-corrected chi connectivity index (χ1v) is 6.05. The lowest BCUT2D eigenvalue weighted by Gasteiger charge is -2.22. The zero-order valence-corrected chi connectivity index (χ0v) is 9.65. The number of rotatable bonds is 2. The third kappa shape index (κ3) is 1.81. The van der Waals surface area contributed by atoms with Gasteiger partial charge in [-0.1, -0.05) is 12.2 Å². The van der Waals surface area contributed by atoms with Gasteiger partial charge in [-0.25, -0.2) is 0 Å². The first-order valence-electron chi connectivity index (χ1n) is 6.05. The lowest BCUT2D eigenvalue weighted by Crippen LogP contribution is -2.34. The first kappa shape index (κ1) is 10.4. The van der Waals surface area contributed by atoms with E-state index in [1.807, 2.05) is 6.08 Å². The number of nitrogens with zero attached hydrogens (tertiary/aromatic N) is 2. The Bertz CT molecular complexity index is 473. The molecule has 0 saturated heterocycles. The van der Waals surface area contributed by atoms with Gasteiger partial charge in [0.2, 0.25) is 0 Å². The number of nitrogens with two attached hydrogens (primary N) is 1. The zero-order chi connectivity index (χ0) is 11.8. The van der Waals surface area contributed by atoms with E-state index in [1.54, 1.807) is 4.90 Å². The fourth-order valence-electron chi connectivity index (χ4n) is 2.19. The molecule has 5 nitrogen and oxygen atoms in total. The van der Waals surface area contributed by atoms with Crippen LogP contribution in [-0.4, -0.2) is 34.1 Å². The Labute approximate surface area is 99.7 Å². The molecular formula is C12H16N4O. The summed E-state index contributed by atoms with van der Waals surface area (Å²) in [6.07, 6.45) is 7.30. The van der Waals surface area contributed by atoms with Crippen LogP contribution in [0.1, 0.15) is 41.4 Å². The average Bonchev–Trinajstić information content (AvgIpc) is 3.13. The van der Waals surface area contributed by atoms with E-state index < -0.39 is 0 Å². The van der Waals surface area contributed by atoms with Crippen LogP contribution in [0.2, 0.25) is 0 Å². The molecule has 3 rings (SSSR count). The standard InChI is InChI=1S/C12H16N4O/c13-9-10(8-4-5-8)14-15-11(9)12(17)16-6-2-1-3-7-16/h1-2,8H,3-7,13H2,(H,14,15). The highest BCUT2D eigenvalue weighted by molar-refractivity contribution is 5.98. The SMILES string of the molecule is Nc1c(C(=O)N2CC=CCC2)n[nH]c1C1CC1. The zero-order valence-electron chi connectivity index (χ0n) is 9.65. The molecule has 1 amide bonds. The molecule has 5 heteroatoms. The van der Waals surface area contributed by atoms with Gasteiger partial charge in [-0.3, -0.25) is 9.89 Å². The van der Waals surface area contributed by atoms with Crippen molar-refractivity contribution in [3.8, 4) is 0 Å². The predicted octanol–water partition coefficient (Wildman–Crippen LogP) is 1.27. The van der Waals surface area contributed by atoms with Crippen molar-refractivity contribution in [2.45, 2.75) is 25.2 Å². The number of amides is 1. The van der Waals surface area contributed by atoms with E-state index in [1.165, 1.54) is 0 Å². The van der Waals surface area contributed by atoms with E-state index in [0.29, 0.717) is 23.8 Å². The van der Waals surface area contributed by atoms with Crippen LogP contribution in [0, 0.1) is 0 Å². The van der Waals surface area contributed by atoms with Crippen LogP contribution in [0.25, 0.3) is 0 Å². The van der Waals surface area contributed by atoms with Gasteiger partial charge in [-0.2, -0.15) is 5.10 Å². The quantitative estimate of drug-likeness (QED) is 0.754. The summed E-state index contributed by atoms with van der Waals surface area (Å²) in [5.41, 5.74) is 7.88. The van der Waals surface area contributed by atoms with Gasteiger partial charge in [0, 0.05) is 19.0 Å². The average molecular weight is 232 g/mol. The second kappa shape index (κ2) is 3.91. The van der Waals surface area contributed by atoms with Crippen molar-refractivity contribution in [3.63, 3.8) is 0 Å². The van der Waals surface area contributed by atoms with E-state index in [-0.39, 0.29) is 5.91 Å². The van der Waals surface area contributed by atoms with Crippen LogP contribution in [0.3, 0.4) is 0 Å². The number of aromatic nitrogens is 2. The normalized spacial score (nSPS) is 19.6. The molecule has 1 saturated carbocycles. The molecule has 1 aromatic heterocycles. The molecule has 2 aliphatic rings. The molecule has 0 unspecified atom stereocenters. The molecular weight excluding hydrogens is 216 g/mol. The Balaban J connectivity index is 1.83. The molecule has 0 spiro atoms. The van der Waals surface area contributed by atoms with Crippen molar-refractivity contribution >= 4 is 11.6 Å². The number of carbonyl (C=O) groups excluding carboxylic acids is 1. The molecule has 1 aliphatic carbocycles. The maximum Gasteiger partial charge on any atom is 0.276 e. The molecule has 90 valence electrons. The molecule has 1 fully saturated rings. The third-order valence-corrected chi connectivity index (χ3v) is 3.37. The fraction of sp³-hybridized carbons (Fsp3) is 0.500. The Hall–Kier alpha value is -1.78. The Kier molecular flexibility index (Phi) is 2.39. The van der Waals surface area contributed by atoms with Crippen molar-refractivity contribution in [1.82, 2.24) is 15.1 Å². The molecule has 2 heterocycles. The summed E-state index contributed by atoms with van der Waals surface area (Å²) in [4.78, 5) is 14.0. The molecule has 0 bridgehead atoms. The van der Waals surface area contributed by atoms with Crippen LogP contribution < -0.4 is 5.73 Å². The minimum Gasteiger partial charge on any atom is -0.395 e. The van der Waals surface area contributed by atoms with Crippen molar-refractivity contribution in [3.05, 3.63) is 23.5 Å². The van der Waals surface area contributed by atoms with Gasteiger partial charge in [-0.05, 0) is 19.3 Å². The van der Waals surface area contributed by atoms with Crippen LogP contribution in [0.5, 0.6) is 0 Å². The van der Waals surface area contributed by atoms with Gasteiger partial charge >= 0.3 is 0 Å². The molecule has 0 radical (unpaired) electrons. The second-order valence-corrected chi connectivity index (χ2v) is 4.69. The summed E-state index contributed by atoms with van der Waals surface area (Å²) in [5.74, 6) is 0.431. The van der Waals surface area contributed by atoms with Gasteiger partial charge in [0.15, 0.2) is 5.69 Å². The largest absolute Gasteiger partial charge is 0.395 e. The Morgan fingerprint density at radius 3 is 2.94 bits per heavy atom. The third-order valence-electron chi connectivity index (χ3n) is 3.37. The van der Waals surface area contributed by atoms with Gasteiger partial charge in [0.1, 0.15) is 0 Å². The number of hydrogen-bond donors (Lipinski definition) is 2. The maximum absolute atomic E-state index is 12.2. The monoisotopic (exact) mass is 232 g/mol. The van der Waals surface area contributed by atoms with Gasteiger partial charge in [0.05, 0.1) is 11.4 Å². The molecule has 1 aliphatic heterocycles. The summed E-state index contributed by atoms with van der Waals surface area (Å²) in [6.45, 7) is 1.41. The lowest BCUT2D eigenvalue weighted by atomic mass is 10.2. The number of nitrogen functional groups attached to an aromatic ring is 1. The molecule has 0 aromatic carbocycles. The Morgan fingerprint density at radius 1 is 1.47 bits per heavy atom. The smallest absolute Gasteiger partial charge is 0.276 e. The molecule has 3 N–H and O–H groups in total. The molecule has 0 atom stereocenters. The number of carbonyl (C=O) groups is 1. The van der Waals surface area contributed by atoms with Crippen LogP contribution >= 0.6 is 0 Å². The number of H-pyrrole nitrogens is 1. The predicted molar refractivity (Wildman–Crippen MR) is 64.6 cm³/mol. The second-order valence-electron chi connectivity index (χ2n) is 4.69. The molecule has 17 heavy (non-hydrogen) atoms. The van der Waals surface area contributed by atoms with Crippen molar-refractivity contribution in [1.29, 1.82) is 0 Å². The highest BCUT2D eigenvalue weighted by atomic mass is 16.2. The summed E-state index contributed by atoms with van der Waals surface area (Å²) in [6, 6.07) is 0. The summed E-state index contributed by atoms with van der Waals surface area (Å²) in [7, 11) is 0. The maximum atomic E-state index is 12.2. The topological polar surface area (TPSA) is 75.0 Å². The minimum atomic E-state index is -0.0602. The van der Waals surface area contributed by atoms with Crippen LogP contribution in [0.15, 0.2) is 12.2 Å². The van der Waals surface area contributed by atoms with Crippen LogP contribution in [-0.2, 0) is 0 Å². The van der Waals surface area contributed by atoms with Crippen molar-refractivity contribution in [2.24, 2.45) is 0 Å². The summed E-state index contributed by atoms with van der Waals surface area (Å²) >= 11 is 0. The number of aromatic amines is 1. The van der Waals surface area contributed by atoms with E-state index in [0.717, 1.165) is 31.5 Å². The summed E-state index contributed by atoms with van der Waals surface area (Å²) < 4.78 is 0. The van der Waals surface area contributed by atoms with Gasteiger partial charge in [0.25, 0.3) is 5.91 Å². The lowest BCUT2D eigenvalue weighted by molar-refractivity contribution is 0.0766. The van der Waals surface area contributed by atoms with Crippen LogP contribution in [0.4, 0.5) is 5.69 Å². The number of nitrogens with one attached hydrogen (secondary N) is 1. The van der Waals surface area contributed by atoms with E-state index >= 15 is 0 Å². The Morgan fingerprint density at radius 2 is 2.29 bits per heavy atom. The van der Waals surface area contributed by atoms with Crippen molar-refractivity contribution < 1.29 is 4.79 Å². The highest BCUT2D eigenvalue weighted by Crippen LogP contribution is 2.42. The first-order chi connectivity index (χ1) is 8.27. The molecule has 1 aromatic rings.